The van der Waals surface area contributed by atoms with Crippen molar-refractivity contribution in [1.29, 1.82) is 0 Å². The van der Waals surface area contributed by atoms with E-state index >= 15 is 0 Å². The van der Waals surface area contributed by atoms with E-state index in [-0.39, 0.29) is 17.5 Å². The van der Waals surface area contributed by atoms with E-state index in [4.69, 9.17) is 5.10 Å². The van der Waals surface area contributed by atoms with Gasteiger partial charge >= 0.3 is 0 Å². The second-order valence-electron chi connectivity index (χ2n) is 9.85. The molecule has 1 aromatic carbocycles. The maximum absolute atomic E-state index is 13.2. The number of amides is 1. The van der Waals surface area contributed by atoms with Gasteiger partial charge in [-0.2, -0.15) is 5.10 Å². The summed E-state index contributed by atoms with van der Waals surface area (Å²) in [5, 5.41) is 8.02. The van der Waals surface area contributed by atoms with Gasteiger partial charge < -0.3 is 10.2 Å². The Bertz CT molecular complexity index is 857. The second-order valence-corrected chi connectivity index (χ2v) is 9.85. The standard InChI is InChI=1S/C24H35N5O/c1-24(2,3)29-22(19-10-11-19)16-20(26-29)23(30)25-21(18-8-6-5-7-9-18)17-28-14-12-27(4)13-15-28/h5-9,16,19,21H,10-15,17H2,1-4H3,(H,25,30). The first-order valence-corrected chi connectivity index (χ1v) is 11.2. The highest BCUT2D eigenvalue weighted by molar-refractivity contribution is 5.92. The zero-order valence-corrected chi connectivity index (χ0v) is 18.8. The number of carbonyl (C=O) groups excluding carboxylic acids is 1. The molecule has 2 aromatic rings. The predicted molar refractivity (Wildman–Crippen MR) is 120 cm³/mol. The van der Waals surface area contributed by atoms with E-state index in [1.165, 1.54) is 18.5 Å². The molecule has 1 saturated carbocycles. The number of nitrogens with zero attached hydrogens (tertiary/aromatic N) is 4. The number of hydrogen-bond donors (Lipinski definition) is 1. The van der Waals surface area contributed by atoms with E-state index < -0.39 is 0 Å². The van der Waals surface area contributed by atoms with Crippen molar-refractivity contribution in [2.45, 2.75) is 51.1 Å². The highest BCUT2D eigenvalue weighted by Gasteiger charge is 2.33. The lowest BCUT2D eigenvalue weighted by atomic mass is 10.1. The molecular weight excluding hydrogens is 374 g/mol. The summed E-state index contributed by atoms with van der Waals surface area (Å²) in [6.07, 6.45) is 2.39. The van der Waals surface area contributed by atoms with E-state index in [2.05, 4.69) is 59.8 Å². The van der Waals surface area contributed by atoms with Gasteiger partial charge in [0.15, 0.2) is 0 Å². The molecule has 1 atom stereocenters. The van der Waals surface area contributed by atoms with Gasteiger partial charge in [-0.3, -0.25) is 14.4 Å². The monoisotopic (exact) mass is 409 g/mol. The Kier molecular flexibility index (Phi) is 5.98. The van der Waals surface area contributed by atoms with Crippen molar-refractivity contribution in [3.05, 3.63) is 53.3 Å². The Hall–Kier alpha value is -2.18. The highest BCUT2D eigenvalue weighted by atomic mass is 16.2. The minimum Gasteiger partial charge on any atom is -0.343 e. The van der Waals surface area contributed by atoms with Crippen LogP contribution in [0.3, 0.4) is 0 Å². The van der Waals surface area contributed by atoms with Crippen LogP contribution in [0.4, 0.5) is 0 Å². The molecule has 0 spiro atoms. The Morgan fingerprint density at radius 2 is 1.80 bits per heavy atom. The van der Waals surface area contributed by atoms with Crippen LogP contribution >= 0.6 is 0 Å². The van der Waals surface area contributed by atoms with E-state index in [0.717, 1.165) is 38.3 Å². The van der Waals surface area contributed by atoms with Gasteiger partial charge in [0.05, 0.1) is 11.6 Å². The van der Waals surface area contributed by atoms with Gasteiger partial charge in [0.25, 0.3) is 5.91 Å². The van der Waals surface area contributed by atoms with Crippen molar-refractivity contribution < 1.29 is 4.79 Å². The summed E-state index contributed by atoms with van der Waals surface area (Å²) in [5.41, 5.74) is 2.74. The zero-order valence-electron chi connectivity index (χ0n) is 18.8. The van der Waals surface area contributed by atoms with E-state index in [9.17, 15) is 4.79 Å². The number of aromatic nitrogens is 2. The average Bonchev–Trinajstić information content (AvgIpc) is 3.46. The third-order valence-electron chi connectivity index (χ3n) is 6.14. The molecular formula is C24H35N5O. The number of hydrogen-bond acceptors (Lipinski definition) is 4. The van der Waals surface area contributed by atoms with Crippen LogP contribution < -0.4 is 5.32 Å². The Balaban J connectivity index is 1.53. The lowest BCUT2D eigenvalue weighted by Crippen LogP contribution is -2.47. The fourth-order valence-electron chi connectivity index (χ4n) is 4.15. The van der Waals surface area contributed by atoms with Crippen LogP contribution in [0.2, 0.25) is 0 Å². The maximum Gasteiger partial charge on any atom is 0.272 e. The molecule has 30 heavy (non-hydrogen) atoms. The summed E-state index contributed by atoms with van der Waals surface area (Å²) in [5.74, 6) is 0.469. The van der Waals surface area contributed by atoms with Crippen LogP contribution in [-0.2, 0) is 5.54 Å². The molecule has 2 heterocycles. The van der Waals surface area contributed by atoms with Gasteiger partial charge in [-0.15, -0.1) is 0 Å². The number of likely N-dealkylation sites (N-methyl/N-ethyl adjacent to an activating group) is 1. The van der Waals surface area contributed by atoms with Crippen molar-refractivity contribution >= 4 is 5.91 Å². The van der Waals surface area contributed by atoms with Gasteiger partial charge in [0.1, 0.15) is 5.69 Å². The van der Waals surface area contributed by atoms with Crippen LogP contribution in [0.1, 0.15) is 67.3 Å². The lowest BCUT2D eigenvalue weighted by Gasteiger charge is -2.35. The number of nitrogens with one attached hydrogen (secondary N) is 1. The molecule has 1 N–H and O–H groups in total. The summed E-state index contributed by atoms with van der Waals surface area (Å²) in [6, 6.07) is 12.3. The molecule has 2 fully saturated rings. The Morgan fingerprint density at radius 1 is 1.13 bits per heavy atom. The number of benzene rings is 1. The van der Waals surface area contributed by atoms with Crippen LogP contribution in [0.25, 0.3) is 0 Å². The molecule has 0 bridgehead atoms. The summed E-state index contributed by atoms with van der Waals surface area (Å²) in [4.78, 5) is 18.0. The maximum atomic E-state index is 13.2. The SMILES string of the molecule is CN1CCN(CC(NC(=O)c2cc(C3CC3)n(C(C)(C)C)n2)c2ccccc2)CC1. The van der Waals surface area contributed by atoms with Crippen molar-refractivity contribution in [3.63, 3.8) is 0 Å². The first-order valence-electron chi connectivity index (χ1n) is 11.2. The van der Waals surface area contributed by atoms with Crippen LogP contribution in [0, 0.1) is 0 Å². The fourth-order valence-corrected chi connectivity index (χ4v) is 4.15. The molecule has 4 rings (SSSR count). The average molecular weight is 410 g/mol. The summed E-state index contributed by atoms with van der Waals surface area (Å²) in [7, 11) is 2.16. The van der Waals surface area contributed by atoms with E-state index in [1.807, 2.05) is 24.3 Å². The number of piperazine rings is 1. The topological polar surface area (TPSA) is 53.4 Å². The Morgan fingerprint density at radius 3 is 2.40 bits per heavy atom. The van der Waals surface area contributed by atoms with Crippen molar-refractivity contribution in [1.82, 2.24) is 24.9 Å². The quantitative estimate of drug-likeness (QED) is 0.796. The van der Waals surface area contributed by atoms with Crippen molar-refractivity contribution in [2.24, 2.45) is 0 Å². The lowest BCUT2D eigenvalue weighted by molar-refractivity contribution is 0.0900. The molecule has 1 aromatic heterocycles. The molecule has 1 aliphatic carbocycles. The molecule has 1 aliphatic heterocycles. The number of rotatable bonds is 6. The zero-order chi connectivity index (χ0) is 21.3. The van der Waals surface area contributed by atoms with Gasteiger partial charge in [-0.05, 0) is 52.3 Å². The van der Waals surface area contributed by atoms with Crippen molar-refractivity contribution in [2.75, 3.05) is 39.8 Å². The third kappa shape index (κ3) is 4.93. The second kappa shape index (κ2) is 8.52. The predicted octanol–water partition coefficient (Wildman–Crippen LogP) is 3.23. The van der Waals surface area contributed by atoms with Gasteiger partial charge in [-0.1, -0.05) is 30.3 Å². The summed E-state index contributed by atoms with van der Waals surface area (Å²) in [6.45, 7) is 11.4. The largest absolute Gasteiger partial charge is 0.343 e. The minimum absolute atomic E-state index is 0.0498. The van der Waals surface area contributed by atoms with Gasteiger partial charge in [-0.25, -0.2) is 0 Å². The highest BCUT2D eigenvalue weighted by Crippen LogP contribution is 2.41. The molecule has 2 aliphatic rings. The smallest absolute Gasteiger partial charge is 0.272 e. The number of carbonyl (C=O) groups is 1. The van der Waals surface area contributed by atoms with Gasteiger partial charge in [0.2, 0.25) is 0 Å². The normalized spacial score (nSPS) is 19.6. The van der Waals surface area contributed by atoms with Crippen LogP contribution in [0.15, 0.2) is 36.4 Å². The van der Waals surface area contributed by atoms with Crippen LogP contribution in [-0.4, -0.2) is 65.3 Å². The minimum atomic E-state index is -0.130. The van der Waals surface area contributed by atoms with E-state index in [1.54, 1.807) is 0 Å². The summed E-state index contributed by atoms with van der Waals surface area (Å²) >= 11 is 0. The molecule has 6 heteroatoms. The molecule has 1 amide bonds. The van der Waals surface area contributed by atoms with Gasteiger partial charge in [0, 0.05) is 44.3 Å². The molecule has 1 saturated heterocycles. The first kappa shape index (κ1) is 21.1. The fraction of sp³-hybridized carbons (Fsp3) is 0.583. The van der Waals surface area contributed by atoms with Crippen LogP contribution in [0.5, 0.6) is 0 Å². The van der Waals surface area contributed by atoms with E-state index in [0.29, 0.717) is 11.6 Å². The molecule has 6 nitrogen and oxygen atoms in total. The third-order valence-corrected chi connectivity index (χ3v) is 6.14. The molecule has 1 unspecified atom stereocenters. The Labute approximate surface area is 180 Å². The molecule has 0 radical (unpaired) electrons. The summed E-state index contributed by atoms with van der Waals surface area (Å²) < 4.78 is 2.05. The van der Waals surface area contributed by atoms with Crippen molar-refractivity contribution in [3.8, 4) is 0 Å². The first-order chi connectivity index (χ1) is 14.3. The molecule has 162 valence electrons.